The van der Waals surface area contributed by atoms with Gasteiger partial charge in [-0.3, -0.25) is 9.59 Å². The standard InChI is InChI=1S/C33H34O4/c34-31(35)29(21-23-11-4-1-5-12-23)33(30(32(36)37)22-24-13-6-2-7-14-24)20-19-27-26(17-10-18-28(27)33)25-15-8-3-9-16-25/h1-2,4-7,10-14,17-20,25,29-30H,3,8-9,15-16,21-22H2,(H,34,35)(H,36,37). The molecule has 0 heterocycles. The molecule has 190 valence electrons. The van der Waals surface area contributed by atoms with E-state index in [1.807, 2.05) is 84.9 Å². The van der Waals surface area contributed by atoms with Gasteiger partial charge in [0.05, 0.1) is 11.8 Å². The second kappa shape index (κ2) is 10.8. The van der Waals surface area contributed by atoms with E-state index in [-0.39, 0.29) is 12.8 Å². The summed E-state index contributed by atoms with van der Waals surface area (Å²) in [7, 11) is 0. The number of benzene rings is 3. The molecule has 0 aromatic heterocycles. The fraction of sp³-hybridized carbons (Fsp3) is 0.333. The van der Waals surface area contributed by atoms with Gasteiger partial charge < -0.3 is 10.2 Å². The van der Waals surface area contributed by atoms with Crippen molar-refractivity contribution in [3.8, 4) is 0 Å². The normalized spacial score (nSPS) is 20.8. The molecule has 4 heteroatoms. The van der Waals surface area contributed by atoms with Gasteiger partial charge in [0.2, 0.25) is 0 Å². The van der Waals surface area contributed by atoms with Gasteiger partial charge in [-0.1, -0.05) is 110 Å². The molecule has 0 saturated heterocycles. The highest BCUT2D eigenvalue weighted by Gasteiger charge is 2.54. The monoisotopic (exact) mass is 494 g/mol. The van der Waals surface area contributed by atoms with Crippen LogP contribution in [0.15, 0.2) is 84.9 Å². The van der Waals surface area contributed by atoms with Gasteiger partial charge in [-0.25, -0.2) is 0 Å². The average molecular weight is 495 g/mol. The van der Waals surface area contributed by atoms with Crippen molar-refractivity contribution in [2.24, 2.45) is 11.8 Å². The Labute approximate surface area is 218 Å². The number of carboxylic acid groups (broad SMARTS) is 2. The molecule has 4 nitrogen and oxygen atoms in total. The van der Waals surface area contributed by atoms with E-state index in [0.717, 1.165) is 35.1 Å². The van der Waals surface area contributed by atoms with E-state index >= 15 is 0 Å². The Balaban J connectivity index is 1.68. The van der Waals surface area contributed by atoms with Gasteiger partial charge in [-0.15, -0.1) is 0 Å². The zero-order chi connectivity index (χ0) is 25.8. The summed E-state index contributed by atoms with van der Waals surface area (Å²) in [5, 5.41) is 21.3. The largest absolute Gasteiger partial charge is 0.481 e. The average Bonchev–Trinajstić information content (AvgIpc) is 3.31. The minimum Gasteiger partial charge on any atom is -0.481 e. The van der Waals surface area contributed by atoms with Crippen LogP contribution in [0.4, 0.5) is 0 Å². The number of carboxylic acids is 2. The lowest BCUT2D eigenvalue weighted by Crippen LogP contribution is -2.48. The molecular weight excluding hydrogens is 460 g/mol. The van der Waals surface area contributed by atoms with Gasteiger partial charge >= 0.3 is 11.9 Å². The summed E-state index contributed by atoms with van der Waals surface area (Å²) in [4.78, 5) is 26.1. The van der Waals surface area contributed by atoms with Crippen molar-refractivity contribution in [3.63, 3.8) is 0 Å². The third-order valence-electron chi connectivity index (χ3n) is 8.49. The topological polar surface area (TPSA) is 74.6 Å². The molecule has 2 N–H and O–H groups in total. The van der Waals surface area contributed by atoms with Crippen molar-refractivity contribution in [2.75, 3.05) is 0 Å². The predicted octanol–water partition coefficient (Wildman–Crippen LogP) is 6.89. The molecule has 1 saturated carbocycles. The molecule has 3 aromatic rings. The number of fused-ring (bicyclic) bond motifs is 1. The molecule has 0 spiro atoms. The molecule has 2 atom stereocenters. The molecule has 2 aliphatic carbocycles. The number of aliphatic carboxylic acids is 2. The quantitative estimate of drug-likeness (QED) is 0.340. The second-order valence-corrected chi connectivity index (χ2v) is 10.6. The minimum absolute atomic E-state index is 0.256. The molecule has 5 rings (SSSR count). The number of hydrogen-bond donors (Lipinski definition) is 2. The van der Waals surface area contributed by atoms with Crippen LogP contribution in [-0.2, 0) is 27.8 Å². The summed E-state index contributed by atoms with van der Waals surface area (Å²) >= 11 is 0. The molecule has 0 radical (unpaired) electrons. The maximum Gasteiger partial charge on any atom is 0.308 e. The first kappa shape index (κ1) is 25.0. The van der Waals surface area contributed by atoms with Crippen LogP contribution in [0.1, 0.15) is 65.8 Å². The van der Waals surface area contributed by atoms with Crippen LogP contribution in [0, 0.1) is 11.8 Å². The van der Waals surface area contributed by atoms with Gasteiger partial charge in [0, 0.05) is 5.41 Å². The molecule has 2 unspecified atom stereocenters. The van der Waals surface area contributed by atoms with Crippen molar-refractivity contribution in [1.29, 1.82) is 0 Å². The van der Waals surface area contributed by atoms with Crippen LogP contribution in [0.5, 0.6) is 0 Å². The van der Waals surface area contributed by atoms with Crippen LogP contribution in [0.3, 0.4) is 0 Å². The van der Waals surface area contributed by atoms with Crippen LogP contribution in [0.25, 0.3) is 6.08 Å². The fourth-order valence-electron chi connectivity index (χ4n) is 6.70. The molecule has 0 bridgehead atoms. The zero-order valence-electron chi connectivity index (χ0n) is 21.1. The number of rotatable bonds is 9. The summed E-state index contributed by atoms with van der Waals surface area (Å²) < 4.78 is 0. The Hall–Kier alpha value is -3.66. The Bertz CT molecular complexity index is 1210. The third kappa shape index (κ3) is 4.85. The summed E-state index contributed by atoms with van der Waals surface area (Å²) in [5.74, 6) is -3.37. The van der Waals surface area contributed by atoms with E-state index in [1.54, 1.807) is 0 Å². The molecule has 37 heavy (non-hydrogen) atoms. The van der Waals surface area contributed by atoms with E-state index in [9.17, 15) is 19.8 Å². The first-order chi connectivity index (χ1) is 18.0. The minimum atomic E-state index is -1.18. The Kier molecular flexibility index (Phi) is 7.27. The maximum absolute atomic E-state index is 13.0. The van der Waals surface area contributed by atoms with E-state index in [4.69, 9.17) is 0 Å². The van der Waals surface area contributed by atoms with E-state index in [2.05, 4.69) is 6.07 Å². The summed E-state index contributed by atoms with van der Waals surface area (Å²) in [6, 6.07) is 25.3. The van der Waals surface area contributed by atoms with Crippen LogP contribution in [-0.4, -0.2) is 22.2 Å². The highest BCUT2D eigenvalue weighted by atomic mass is 16.4. The lowest BCUT2D eigenvalue weighted by atomic mass is 9.60. The zero-order valence-corrected chi connectivity index (χ0v) is 21.1. The molecule has 1 fully saturated rings. The van der Waals surface area contributed by atoms with Crippen molar-refractivity contribution in [1.82, 2.24) is 0 Å². The number of carbonyl (C=O) groups is 2. The third-order valence-corrected chi connectivity index (χ3v) is 8.49. The highest BCUT2D eigenvalue weighted by Crippen LogP contribution is 2.52. The first-order valence-electron chi connectivity index (χ1n) is 13.4. The van der Waals surface area contributed by atoms with Gasteiger partial charge in [0.25, 0.3) is 0 Å². The second-order valence-electron chi connectivity index (χ2n) is 10.6. The van der Waals surface area contributed by atoms with Crippen LogP contribution in [0.2, 0.25) is 0 Å². The lowest BCUT2D eigenvalue weighted by Gasteiger charge is -2.40. The smallest absolute Gasteiger partial charge is 0.308 e. The van der Waals surface area contributed by atoms with E-state index in [0.29, 0.717) is 5.92 Å². The van der Waals surface area contributed by atoms with Crippen LogP contribution < -0.4 is 0 Å². The lowest BCUT2D eigenvalue weighted by molar-refractivity contribution is -0.149. The van der Waals surface area contributed by atoms with Crippen molar-refractivity contribution >= 4 is 18.0 Å². The van der Waals surface area contributed by atoms with E-state index < -0.39 is 29.2 Å². The first-order valence-corrected chi connectivity index (χ1v) is 13.4. The number of hydrogen-bond acceptors (Lipinski definition) is 2. The molecular formula is C33H34O4. The van der Waals surface area contributed by atoms with Crippen molar-refractivity contribution in [2.45, 2.75) is 56.3 Å². The number of allylic oxidation sites excluding steroid dienone is 1. The van der Waals surface area contributed by atoms with Crippen molar-refractivity contribution < 1.29 is 19.8 Å². The fourth-order valence-corrected chi connectivity index (χ4v) is 6.70. The SMILES string of the molecule is O=C(O)C(Cc1ccccc1)C1(C(Cc2ccccc2)C(=O)O)C=Cc2c(C3CCCCC3)cccc21. The maximum atomic E-state index is 13.0. The molecule has 2 aliphatic rings. The molecule has 0 amide bonds. The van der Waals surface area contributed by atoms with Crippen LogP contribution >= 0.6 is 0 Å². The summed E-state index contributed by atoms with van der Waals surface area (Å²) in [5.41, 5.74) is 3.73. The van der Waals surface area contributed by atoms with E-state index in [1.165, 1.54) is 24.8 Å². The predicted molar refractivity (Wildman–Crippen MR) is 146 cm³/mol. The Morgan fingerprint density at radius 2 is 1.27 bits per heavy atom. The van der Waals surface area contributed by atoms with Gasteiger partial charge in [0.15, 0.2) is 0 Å². The van der Waals surface area contributed by atoms with Gasteiger partial charge in [-0.2, -0.15) is 0 Å². The molecule has 0 aliphatic heterocycles. The Morgan fingerprint density at radius 3 is 1.78 bits per heavy atom. The Morgan fingerprint density at radius 1 is 0.730 bits per heavy atom. The van der Waals surface area contributed by atoms with Gasteiger partial charge in [-0.05, 0) is 59.4 Å². The van der Waals surface area contributed by atoms with Gasteiger partial charge in [0.1, 0.15) is 0 Å². The highest BCUT2D eigenvalue weighted by molar-refractivity contribution is 5.84. The molecule has 3 aromatic carbocycles. The summed E-state index contributed by atoms with van der Waals surface area (Å²) in [6.07, 6.45) is 10.3. The van der Waals surface area contributed by atoms with Crippen molar-refractivity contribution in [3.05, 3.63) is 113 Å². The summed E-state index contributed by atoms with van der Waals surface area (Å²) in [6.45, 7) is 0.